The van der Waals surface area contributed by atoms with Gasteiger partial charge in [-0.15, -0.1) is 0 Å². The second-order valence-corrected chi connectivity index (χ2v) is 4.54. The minimum Gasteiger partial charge on any atom is -0.296 e. The number of rotatable bonds is 5. The van der Waals surface area contributed by atoms with E-state index in [1.54, 1.807) is 12.3 Å². The quantitative estimate of drug-likeness (QED) is 0.622. The Morgan fingerprint density at radius 2 is 2.10 bits per heavy atom. The molecular formula is C14H14FN3O2. The van der Waals surface area contributed by atoms with Crippen LogP contribution < -0.4 is 0 Å². The minimum absolute atomic E-state index is 0.492. The zero-order chi connectivity index (χ0) is 14.5. The van der Waals surface area contributed by atoms with Gasteiger partial charge in [0.2, 0.25) is 5.82 Å². The van der Waals surface area contributed by atoms with Crippen molar-refractivity contribution in [2.45, 2.75) is 13.1 Å². The predicted molar refractivity (Wildman–Crippen MR) is 72.5 cm³/mol. The molecule has 0 aliphatic heterocycles. The largest absolute Gasteiger partial charge is 0.304 e. The first kappa shape index (κ1) is 14.1. The summed E-state index contributed by atoms with van der Waals surface area (Å²) in [6.45, 7) is 1.12. The van der Waals surface area contributed by atoms with Crippen LogP contribution in [-0.2, 0) is 13.1 Å². The molecule has 6 heteroatoms. The van der Waals surface area contributed by atoms with Gasteiger partial charge in [-0.2, -0.15) is 4.39 Å². The monoisotopic (exact) mass is 275 g/mol. The van der Waals surface area contributed by atoms with Gasteiger partial charge in [-0.3, -0.25) is 20.0 Å². The Morgan fingerprint density at radius 1 is 1.30 bits per heavy atom. The van der Waals surface area contributed by atoms with Gasteiger partial charge >= 0.3 is 5.69 Å². The molecule has 1 aromatic heterocycles. The Balaban J connectivity index is 2.03. The molecule has 1 aromatic carbocycles. The lowest BCUT2D eigenvalue weighted by molar-refractivity contribution is -0.387. The van der Waals surface area contributed by atoms with E-state index in [1.165, 1.54) is 12.1 Å². The van der Waals surface area contributed by atoms with E-state index >= 15 is 0 Å². The van der Waals surface area contributed by atoms with Crippen molar-refractivity contribution in [3.05, 3.63) is 69.8 Å². The molecule has 0 spiro atoms. The van der Waals surface area contributed by atoms with E-state index in [4.69, 9.17) is 0 Å². The van der Waals surface area contributed by atoms with Crippen LogP contribution in [0, 0.1) is 15.9 Å². The summed E-state index contributed by atoms with van der Waals surface area (Å²) in [5.74, 6) is -0.807. The standard InChI is InChI=1S/C14H14FN3O2/c1-17(10-12-4-2-3-7-16-12)9-11-5-6-14(18(19)20)13(15)8-11/h2-8H,9-10H2,1H3. The fourth-order valence-corrected chi connectivity index (χ4v) is 1.93. The highest BCUT2D eigenvalue weighted by atomic mass is 19.1. The van der Waals surface area contributed by atoms with Gasteiger partial charge in [0.25, 0.3) is 0 Å². The van der Waals surface area contributed by atoms with E-state index in [-0.39, 0.29) is 0 Å². The number of hydrogen-bond acceptors (Lipinski definition) is 4. The number of nitro benzene ring substituents is 1. The SMILES string of the molecule is CN(Cc1ccc([N+](=O)[O-])c(F)c1)Cc1ccccn1. The van der Waals surface area contributed by atoms with Gasteiger partial charge < -0.3 is 0 Å². The maximum Gasteiger partial charge on any atom is 0.304 e. The second-order valence-electron chi connectivity index (χ2n) is 4.54. The molecule has 1 heterocycles. The van der Waals surface area contributed by atoms with Crippen LogP contribution in [0.4, 0.5) is 10.1 Å². The van der Waals surface area contributed by atoms with Crippen molar-refractivity contribution < 1.29 is 9.31 Å². The molecule has 0 amide bonds. The Bertz CT molecular complexity index is 605. The third kappa shape index (κ3) is 3.58. The lowest BCUT2D eigenvalue weighted by Crippen LogP contribution is -2.18. The third-order valence-electron chi connectivity index (χ3n) is 2.82. The van der Waals surface area contributed by atoms with Gasteiger partial charge in [0.1, 0.15) is 0 Å². The molecule has 0 saturated heterocycles. The first-order valence-electron chi connectivity index (χ1n) is 6.07. The Labute approximate surface area is 115 Å². The molecular weight excluding hydrogens is 261 g/mol. The predicted octanol–water partition coefficient (Wildman–Crippen LogP) is 2.76. The fourth-order valence-electron chi connectivity index (χ4n) is 1.93. The molecule has 0 fully saturated rings. The van der Waals surface area contributed by atoms with Crippen LogP contribution in [0.1, 0.15) is 11.3 Å². The average molecular weight is 275 g/mol. The minimum atomic E-state index is -0.807. The van der Waals surface area contributed by atoms with E-state index in [9.17, 15) is 14.5 Å². The number of benzene rings is 1. The topological polar surface area (TPSA) is 59.3 Å². The van der Waals surface area contributed by atoms with E-state index in [1.807, 2.05) is 30.1 Å². The van der Waals surface area contributed by atoms with Crippen molar-refractivity contribution in [3.8, 4) is 0 Å². The van der Waals surface area contributed by atoms with Gasteiger partial charge in [-0.05, 0) is 30.8 Å². The highest BCUT2D eigenvalue weighted by molar-refractivity contribution is 5.34. The van der Waals surface area contributed by atoms with Gasteiger partial charge in [-0.1, -0.05) is 12.1 Å². The molecule has 104 valence electrons. The zero-order valence-electron chi connectivity index (χ0n) is 11.0. The smallest absolute Gasteiger partial charge is 0.296 e. The molecule has 0 atom stereocenters. The molecule has 0 aliphatic carbocycles. The van der Waals surface area contributed by atoms with Crippen LogP contribution in [0.15, 0.2) is 42.6 Å². The van der Waals surface area contributed by atoms with E-state index in [0.29, 0.717) is 18.7 Å². The highest BCUT2D eigenvalue weighted by Gasteiger charge is 2.14. The van der Waals surface area contributed by atoms with Crippen molar-refractivity contribution >= 4 is 5.69 Å². The van der Waals surface area contributed by atoms with Gasteiger partial charge in [0.05, 0.1) is 10.6 Å². The molecule has 2 aromatic rings. The van der Waals surface area contributed by atoms with E-state index < -0.39 is 16.4 Å². The van der Waals surface area contributed by atoms with Crippen molar-refractivity contribution in [3.63, 3.8) is 0 Å². The number of aromatic nitrogens is 1. The van der Waals surface area contributed by atoms with Crippen molar-refractivity contribution in [1.29, 1.82) is 0 Å². The Morgan fingerprint density at radius 3 is 2.70 bits per heavy atom. The summed E-state index contributed by atoms with van der Waals surface area (Å²) in [5, 5.41) is 10.5. The molecule has 0 bridgehead atoms. The number of halogens is 1. The molecule has 5 nitrogen and oxygen atoms in total. The number of hydrogen-bond donors (Lipinski definition) is 0. The molecule has 0 unspecified atom stereocenters. The second kappa shape index (κ2) is 6.21. The van der Waals surface area contributed by atoms with Crippen molar-refractivity contribution in [2.75, 3.05) is 7.05 Å². The van der Waals surface area contributed by atoms with E-state index in [0.717, 1.165) is 5.69 Å². The van der Waals surface area contributed by atoms with Gasteiger partial charge in [-0.25, -0.2) is 0 Å². The lowest BCUT2D eigenvalue weighted by atomic mass is 10.2. The van der Waals surface area contributed by atoms with Crippen molar-refractivity contribution in [2.24, 2.45) is 0 Å². The maximum absolute atomic E-state index is 13.5. The van der Waals surface area contributed by atoms with Crippen LogP contribution in [0.3, 0.4) is 0 Å². The van der Waals surface area contributed by atoms with Gasteiger partial charge in [0.15, 0.2) is 0 Å². The first-order valence-corrected chi connectivity index (χ1v) is 6.07. The summed E-state index contributed by atoms with van der Waals surface area (Å²) in [4.78, 5) is 16.0. The molecule has 20 heavy (non-hydrogen) atoms. The van der Waals surface area contributed by atoms with Crippen molar-refractivity contribution in [1.82, 2.24) is 9.88 Å². The first-order chi connectivity index (χ1) is 9.56. The highest BCUT2D eigenvalue weighted by Crippen LogP contribution is 2.19. The summed E-state index contributed by atoms with van der Waals surface area (Å²) in [6, 6.07) is 9.62. The van der Waals surface area contributed by atoms with Crippen LogP contribution in [-0.4, -0.2) is 21.9 Å². The average Bonchev–Trinajstić information content (AvgIpc) is 2.39. The number of pyridine rings is 1. The maximum atomic E-state index is 13.5. The summed E-state index contributed by atoms with van der Waals surface area (Å²) in [5.41, 5.74) is 1.10. The van der Waals surface area contributed by atoms with E-state index in [2.05, 4.69) is 4.98 Å². The summed E-state index contributed by atoms with van der Waals surface area (Å²) in [7, 11) is 1.88. The van der Waals surface area contributed by atoms with Crippen LogP contribution in [0.5, 0.6) is 0 Å². The molecule has 0 N–H and O–H groups in total. The Hall–Kier alpha value is -2.34. The normalized spacial score (nSPS) is 10.8. The van der Waals surface area contributed by atoms with Crippen LogP contribution >= 0.6 is 0 Å². The number of nitro groups is 1. The van der Waals surface area contributed by atoms with Crippen LogP contribution in [0.25, 0.3) is 0 Å². The Kier molecular flexibility index (Phi) is 4.37. The summed E-state index contributed by atoms with van der Waals surface area (Å²) >= 11 is 0. The number of nitrogens with zero attached hydrogens (tertiary/aromatic N) is 3. The van der Waals surface area contributed by atoms with Gasteiger partial charge in [0, 0.05) is 25.4 Å². The molecule has 0 saturated carbocycles. The zero-order valence-corrected chi connectivity index (χ0v) is 11.0. The summed E-state index contributed by atoms with van der Waals surface area (Å²) in [6.07, 6.45) is 1.72. The molecule has 0 aliphatic rings. The molecule has 2 rings (SSSR count). The third-order valence-corrected chi connectivity index (χ3v) is 2.82. The fraction of sp³-hybridized carbons (Fsp3) is 0.214. The lowest BCUT2D eigenvalue weighted by Gasteiger charge is -2.16. The summed E-state index contributed by atoms with van der Waals surface area (Å²) < 4.78 is 13.5. The van der Waals surface area contributed by atoms with Crippen LogP contribution in [0.2, 0.25) is 0 Å². The molecule has 0 radical (unpaired) electrons.